The van der Waals surface area contributed by atoms with Gasteiger partial charge >= 0.3 is 16.2 Å². The Kier molecular flexibility index (Phi) is 6.34. The van der Waals surface area contributed by atoms with Crippen LogP contribution in [-0.2, 0) is 27.3 Å². The average molecular weight is 454 g/mol. The summed E-state index contributed by atoms with van der Waals surface area (Å²) in [4.78, 5) is 13.1. The first-order chi connectivity index (χ1) is 15.3. The number of nitrogens with two attached hydrogens (primary N) is 1. The predicted molar refractivity (Wildman–Crippen MR) is 126 cm³/mol. The van der Waals surface area contributed by atoms with Crippen LogP contribution in [0.5, 0.6) is 0 Å². The predicted octanol–water partition coefficient (Wildman–Crippen LogP) is 3.38. The molecule has 0 fully saturated rings. The molecule has 7 nitrogen and oxygen atoms in total. The molecule has 0 aliphatic carbocycles. The first kappa shape index (κ1) is 22.1. The summed E-state index contributed by atoms with van der Waals surface area (Å²) >= 11 is 0. The second kappa shape index (κ2) is 9.18. The summed E-state index contributed by atoms with van der Waals surface area (Å²) in [5.74, 6) is -0.311. The molecule has 2 N–H and O–H groups in total. The van der Waals surface area contributed by atoms with Crippen molar-refractivity contribution in [2.75, 3.05) is 25.9 Å². The number of primary amides is 1. The third-order valence-corrected chi connectivity index (χ3v) is 6.87. The van der Waals surface area contributed by atoms with Crippen molar-refractivity contribution in [2.24, 2.45) is 5.73 Å². The highest BCUT2D eigenvalue weighted by atomic mass is 32.2. The zero-order valence-corrected chi connectivity index (χ0v) is 18.8. The van der Waals surface area contributed by atoms with Gasteiger partial charge in [0.2, 0.25) is 0 Å². The topological polar surface area (TPSA) is 94.6 Å². The maximum Gasteiger partial charge on any atom is 0.420 e. The standard InChI is InChI=1S/C24H27N3O4S/c1-26-12-9-20(10-13-26)22-17-27(16-19-5-3-2-4-6-19)23-8-7-18(15-21(22)23)11-14-32(29,30)31-24(25)28/h2-9,15,17H,10-14,16H2,1H3,(H2,25,28). The fourth-order valence-electron chi connectivity index (χ4n) is 4.09. The van der Waals surface area contributed by atoms with Crippen LogP contribution >= 0.6 is 0 Å². The smallest absolute Gasteiger partial charge is 0.342 e. The number of benzene rings is 2. The van der Waals surface area contributed by atoms with E-state index in [4.69, 9.17) is 5.73 Å². The summed E-state index contributed by atoms with van der Waals surface area (Å²) in [6.45, 7) is 2.66. The lowest BCUT2D eigenvalue weighted by molar-refractivity contribution is 0.213. The number of rotatable bonds is 7. The van der Waals surface area contributed by atoms with Gasteiger partial charge in [0.15, 0.2) is 0 Å². The highest BCUT2D eigenvalue weighted by molar-refractivity contribution is 7.87. The zero-order valence-electron chi connectivity index (χ0n) is 18.0. The lowest BCUT2D eigenvalue weighted by Crippen LogP contribution is -2.23. The summed E-state index contributed by atoms with van der Waals surface area (Å²) in [7, 11) is -1.89. The van der Waals surface area contributed by atoms with Crippen LogP contribution in [0.25, 0.3) is 16.5 Å². The Morgan fingerprint density at radius 3 is 2.59 bits per heavy atom. The van der Waals surface area contributed by atoms with Gasteiger partial charge in [-0.3, -0.25) is 0 Å². The van der Waals surface area contributed by atoms with Gasteiger partial charge < -0.3 is 19.4 Å². The number of nitrogens with zero attached hydrogens (tertiary/aromatic N) is 2. The Labute approximate surface area is 188 Å². The molecule has 0 saturated carbocycles. The number of carbonyl (C=O) groups is 1. The van der Waals surface area contributed by atoms with Crippen LogP contribution < -0.4 is 5.73 Å². The van der Waals surface area contributed by atoms with Crippen LogP contribution in [-0.4, -0.2) is 49.9 Å². The molecule has 1 aromatic heterocycles. The number of likely N-dealkylation sites (N-methyl/N-ethyl adjacent to an activating group) is 1. The Morgan fingerprint density at radius 2 is 1.91 bits per heavy atom. The lowest BCUT2D eigenvalue weighted by atomic mass is 9.98. The van der Waals surface area contributed by atoms with Crippen LogP contribution in [0.4, 0.5) is 4.79 Å². The van der Waals surface area contributed by atoms with Gasteiger partial charge in [-0.05, 0) is 48.7 Å². The van der Waals surface area contributed by atoms with Gasteiger partial charge in [0.1, 0.15) is 0 Å². The average Bonchev–Trinajstić information content (AvgIpc) is 3.10. The summed E-state index contributed by atoms with van der Waals surface area (Å²) in [5, 5.41) is 1.10. The van der Waals surface area contributed by atoms with E-state index in [1.54, 1.807) is 0 Å². The largest absolute Gasteiger partial charge is 0.420 e. The van der Waals surface area contributed by atoms with Crippen LogP contribution in [0.2, 0.25) is 0 Å². The molecule has 4 rings (SSSR count). The van der Waals surface area contributed by atoms with Gasteiger partial charge in [-0.15, -0.1) is 0 Å². The summed E-state index contributed by atoms with van der Waals surface area (Å²) in [5.41, 5.74) is 10.5. The number of amides is 1. The second-order valence-corrected chi connectivity index (χ2v) is 9.85. The molecule has 0 unspecified atom stereocenters. The normalized spacial score (nSPS) is 15.0. The quantitative estimate of drug-likeness (QED) is 0.554. The van der Waals surface area contributed by atoms with Gasteiger partial charge in [0.25, 0.3) is 0 Å². The van der Waals surface area contributed by atoms with Crippen LogP contribution in [0.3, 0.4) is 0 Å². The maximum absolute atomic E-state index is 11.9. The maximum atomic E-state index is 11.9. The molecule has 0 bridgehead atoms. The zero-order chi connectivity index (χ0) is 22.7. The fraction of sp³-hybridized carbons (Fsp3) is 0.292. The third-order valence-electron chi connectivity index (χ3n) is 5.75. The number of carbonyl (C=O) groups excluding carboxylic acids is 1. The molecule has 0 spiro atoms. The third kappa shape index (κ3) is 5.20. The van der Waals surface area contributed by atoms with E-state index >= 15 is 0 Å². The summed E-state index contributed by atoms with van der Waals surface area (Å²) < 4.78 is 30.3. The molecule has 0 radical (unpaired) electrons. The van der Waals surface area contributed by atoms with Gasteiger partial charge in [0.05, 0.1) is 5.75 Å². The van der Waals surface area contributed by atoms with Crippen LogP contribution in [0.1, 0.15) is 23.1 Å². The molecular weight excluding hydrogens is 426 g/mol. The molecule has 3 aromatic rings. The number of aryl methyl sites for hydroxylation is 1. The highest BCUT2D eigenvalue weighted by Crippen LogP contribution is 2.32. The van der Waals surface area contributed by atoms with Crippen molar-refractivity contribution in [3.63, 3.8) is 0 Å². The molecule has 8 heteroatoms. The van der Waals surface area contributed by atoms with E-state index in [0.717, 1.165) is 42.5 Å². The molecule has 2 aromatic carbocycles. The van der Waals surface area contributed by atoms with E-state index in [-0.39, 0.29) is 12.2 Å². The summed E-state index contributed by atoms with van der Waals surface area (Å²) in [6.07, 6.45) is 4.35. The number of hydrogen-bond acceptors (Lipinski definition) is 5. The molecule has 0 saturated heterocycles. The Morgan fingerprint density at radius 1 is 1.12 bits per heavy atom. The van der Waals surface area contributed by atoms with Crippen LogP contribution in [0, 0.1) is 0 Å². The molecule has 1 aliphatic heterocycles. The van der Waals surface area contributed by atoms with Crippen molar-refractivity contribution >= 4 is 32.7 Å². The molecule has 0 atom stereocenters. The Balaban J connectivity index is 1.69. The van der Waals surface area contributed by atoms with Crippen molar-refractivity contribution in [1.82, 2.24) is 9.47 Å². The fourth-order valence-corrected chi connectivity index (χ4v) is 4.91. The Bertz CT molecular complexity index is 1260. The SMILES string of the molecule is CN1CC=C(c2cn(Cc3ccccc3)c3ccc(CCS(=O)(=O)OC(N)=O)cc23)CC1. The molecule has 168 valence electrons. The molecule has 32 heavy (non-hydrogen) atoms. The van der Waals surface area contributed by atoms with E-state index in [2.05, 4.69) is 45.1 Å². The van der Waals surface area contributed by atoms with Crippen molar-refractivity contribution in [3.8, 4) is 0 Å². The Hall–Kier alpha value is -3.10. The second-order valence-electron chi connectivity index (χ2n) is 8.16. The first-order valence-corrected chi connectivity index (χ1v) is 12.1. The van der Waals surface area contributed by atoms with E-state index in [1.807, 2.05) is 36.4 Å². The van der Waals surface area contributed by atoms with E-state index in [1.165, 1.54) is 16.7 Å². The van der Waals surface area contributed by atoms with E-state index in [0.29, 0.717) is 0 Å². The summed E-state index contributed by atoms with van der Waals surface area (Å²) in [6, 6.07) is 16.3. The van der Waals surface area contributed by atoms with Gasteiger partial charge in [-0.1, -0.05) is 42.5 Å². The first-order valence-electron chi connectivity index (χ1n) is 10.6. The van der Waals surface area contributed by atoms with Gasteiger partial charge in [-0.2, -0.15) is 8.42 Å². The van der Waals surface area contributed by atoms with Gasteiger partial charge in [-0.25, -0.2) is 4.79 Å². The number of aromatic nitrogens is 1. The lowest BCUT2D eigenvalue weighted by Gasteiger charge is -2.21. The minimum Gasteiger partial charge on any atom is -0.342 e. The van der Waals surface area contributed by atoms with E-state index in [9.17, 15) is 13.2 Å². The minimum atomic E-state index is -4.00. The van der Waals surface area contributed by atoms with E-state index < -0.39 is 16.2 Å². The number of hydrogen-bond donors (Lipinski definition) is 1. The monoisotopic (exact) mass is 453 g/mol. The molecule has 1 amide bonds. The van der Waals surface area contributed by atoms with Crippen molar-refractivity contribution in [2.45, 2.75) is 19.4 Å². The van der Waals surface area contributed by atoms with Crippen LogP contribution in [0.15, 0.2) is 60.8 Å². The molecule has 1 aliphatic rings. The number of fused-ring (bicyclic) bond motifs is 1. The van der Waals surface area contributed by atoms with Crippen molar-refractivity contribution in [3.05, 3.63) is 77.5 Å². The minimum absolute atomic E-state index is 0.233. The van der Waals surface area contributed by atoms with Crippen molar-refractivity contribution < 1.29 is 17.4 Å². The highest BCUT2D eigenvalue weighted by Gasteiger charge is 2.18. The molecular formula is C24H27N3O4S. The van der Waals surface area contributed by atoms with Gasteiger partial charge in [0, 0.05) is 42.3 Å². The molecule has 2 heterocycles. The van der Waals surface area contributed by atoms with Crippen molar-refractivity contribution in [1.29, 1.82) is 0 Å².